The molecule has 0 radical (unpaired) electrons. The predicted molar refractivity (Wildman–Crippen MR) is 98.7 cm³/mol. The van der Waals surface area contributed by atoms with Crippen molar-refractivity contribution in [2.75, 3.05) is 0 Å². The van der Waals surface area contributed by atoms with Crippen LogP contribution in [0.4, 0.5) is 0 Å². The smallest absolute Gasteiger partial charge is 0.160 e. The fraction of sp³-hybridized carbons (Fsp3) is 0.158. The van der Waals surface area contributed by atoms with Crippen LogP contribution in [0, 0.1) is 0 Å². The second-order valence-corrected chi connectivity index (χ2v) is 5.85. The SMILES string of the molecule is c1cc2n(c1)CCC2.c1ccn2cnnc2c1.c1cnc2ccnn2c1. The third-order valence-electron chi connectivity index (χ3n) is 4.13. The summed E-state index contributed by atoms with van der Waals surface area (Å²) in [5, 5.41) is 11.5. The fourth-order valence-corrected chi connectivity index (χ4v) is 2.86. The highest BCUT2D eigenvalue weighted by atomic mass is 15.2. The van der Waals surface area contributed by atoms with Gasteiger partial charge in [-0.3, -0.25) is 4.40 Å². The largest absolute Gasteiger partial charge is 0.351 e. The standard InChI is InChI=1S/C7H9N.2C6H5N3/c1-3-7-4-2-6-8(7)5-1;1-3-7-6-2-4-8-9(6)5-1;1-2-4-9-5-7-8-6(9)3-1/h1,3,5H,2,4,6H2;2*1-5H. The van der Waals surface area contributed by atoms with Gasteiger partial charge in [0.2, 0.25) is 0 Å². The Hall–Kier alpha value is -3.48. The Bertz CT molecular complexity index is 944. The first-order valence-corrected chi connectivity index (χ1v) is 8.53. The maximum absolute atomic E-state index is 4.04. The van der Waals surface area contributed by atoms with E-state index >= 15 is 0 Å². The molecule has 0 fully saturated rings. The minimum atomic E-state index is 0.887. The normalized spacial score (nSPS) is 12.2. The van der Waals surface area contributed by atoms with Gasteiger partial charge in [0.25, 0.3) is 0 Å². The molecule has 130 valence electrons. The minimum absolute atomic E-state index is 0.887. The van der Waals surface area contributed by atoms with Crippen LogP contribution in [0.2, 0.25) is 0 Å². The molecule has 0 amide bonds. The topological polar surface area (TPSA) is 65.3 Å². The number of aryl methyl sites for hydroxylation is 2. The van der Waals surface area contributed by atoms with Crippen molar-refractivity contribution in [1.82, 2.24) is 33.8 Å². The second-order valence-electron chi connectivity index (χ2n) is 5.85. The van der Waals surface area contributed by atoms with Gasteiger partial charge in [0.05, 0.1) is 6.20 Å². The van der Waals surface area contributed by atoms with Gasteiger partial charge in [0, 0.05) is 43.1 Å². The van der Waals surface area contributed by atoms with Gasteiger partial charge in [-0.05, 0) is 43.2 Å². The molecule has 6 rings (SSSR count). The van der Waals surface area contributed by atoms with E-state index in [-0.39, 0.29) is 0 Å². The van der Waals surface area contributed by atoms with Crippen LogP contribution in [0.3, 0.4) is 0 Å². The van der Waals surface area contributed by atoms with E-state index in [2.05, 4.69) is 43.2 Å². The van der Waals surface area contributed by atoms with E-state index in [1.54, 1.807) is 23.2 Å². The number of rotatable bonds is 0. The van der Waals surface area contributed by atoms with Gasteiger partial charge < -0.3 is 4.57 Å². The zero-order chi connectivity index (χ0) is 17.6. The van der Waals surface area contributed by atoms with Gasteiger partial charge in [0.1, 0.15) is 6.33 Å². The summed E-state index contributed by atoms with van der Waals surface area (Å²) < 4.78 is 5.90. The molecule has 0 N–H and O–H groups in total. The molecule has 0 bridgehead atoms. The lowest BCUT2D eigenvalue weighted by Crippen LogP contribution is -1.86. The van der Waals surface area contributed by atoms with Gasteiger partial charge in [-0.15, -0.1) is 10.2 Å². The summed E-state index contributed by atoms with van der Waals surface area (Å²) in [6.45, 7) is 1.24. The molecular weight excluding hydrogens is 326 g/mol. The average Bonchev–Trinajstić information content (AvgIpc) is 3.46. The Morgan fingerprint density at radius 3 is 2.73 bits per heavy atom. The molecule has 6 heterocycles. The minimum Gasteiger partial charge on any atom is -0.351 e. The van der Waals surface area contributed by atoms with Crippen LogP contribution in [-0.2, 0) is 13.0 Å². The van der Waals surface area contributed by atoms with Crippen LogP contribution in [0.15, 0.2) is 79.8 Å². The summed E-state index contributed by atoms with van der Waals surface area (Å²) in [5.74, 6) is 0. The summed E-state index contributed by atoms with van der Waals surface area (Å²) >= 11 is 0. The molecule has 5 aromatic rings. The van der Waals surface area contributed by atoms with Crippen LogP contribution >= 0.6 is 0 Å². The van der Waals surface area contributed by atoms with E-state index in [0.29, 0.717) is 0 Å². The van der Waals surface area contributed by atoms with Crippen molar-refractivity contribution in [3.05, 3.63) is 85.5 Å². The summed E-state index contributed by atoms with van der Waals surface area (Å²) in [6.07, 6.45) is 13.7. The number of hydrogen-bond donors (Lipinski definition) is 0. The summed E-state index contributed by atoms with van der Waals surface area (Å²) in [5.41, 5.74) is 3.28. The molecule has 0 atom stereocenters. The molecule has 0 spiro atoms. The Labute approximate surface area is 150 Å². The zero-order valence-electron chi connectivity index (χ0n) is 14.3. The molecule has 0 saturated heterocycles. The summed E-state index contributed by atoms with van der Waals surface area (Å²) in [6, 6.07) is 13.8. The van der Waals surface area contributed by atoms with E-state index in [1.807, 2.05) is 47.1 Å². The van der Waals surface area contributed by atoms with Crippen LogP contribution in [-0.4, -0.2) is 33.8 Å². The van der Waals surface area contributed by atoms with Crippen molar-refractivity contribution < 1.29 is 0 Å². The van der Waals surface area contributed by atoms with Crippen molar-refractivity contribution in [3.8, 4) is 0 Å². The van der Waals surface area contributed by atoms with E-state index in [1.165, 1.54) is 25.1 Å². The first-order valence-electron chi connectivity index (χ1n) is 8.53. The van der Waals surface area contributed by atoms with Gasteiger partial charge in [-0.25, -0.2) is 9.50 Å². The molecule has 0 saturated carbocycles. The molecule has 7 heteroatoms. The Morgan fingerprint density at radius 2 is 1.85 bits per heavy atom. The summed E-state index contributed by atoms with van der Waals surface area (Å²) in [7, 11) is 0. The van der Waals surface area contributed by atoms with Crippen molar-refractivity contribution in [3.63, 3.8) is 0 Å². The van der Waals surface area contributed by atoms with Crippen molar-refractivity contribution in [2.24, 2.45) is 0 Å². The lowest BCUT2D eigenvalue weighted by Gasteiger charge is -1.90. The molecule has 1 aliphatic rings. The zero-order valence-corrected chi connectivity index (χ0v) is 14.3. The van der Waals surface area contributed by atoms with E-state index in [0.717, 1.165) is 11.3 Å². The van der Waals surface area contributed by atoms with Crippen LogP contribution in [0.25, 0.3) is 11.3 Å². The monoisotopic (exact) mass is 345 g/mol. The molecule has 1 aliphatic heterocycles. The molecule has 0 aliphatic carbocycles. The number of aromatic nitrogens is 7. The van der Waals surface area contributed by atoms with Gasteiger partial charge >= 0.3 is 0 Å². The quantitative estimate of drug-likeness (QED) is 0.433. The highest BCUT2D eigenvalue weighted by Gasteiger charge is 2.06. The van der Waals surface area contributed by atoms with Crippen molar-refractivity contribution >= 4 is 11.3 Å². The molecule has 0 unspecified atom stereocenters. The number of pyridine rings is 1. The first kappa shape index (κ1) is 16.0. The van der Waals surface area contributed by atoms with Gasteiger partial charge in [0.15, 0.2) is 11.3 Å². The molecule has 5 aromatic heterocycles. The Kier molecular flexibility index (Phi) is 4.68. The highest BCUT2D eigenvalue weighted by Crippen LogP contribution is 2.13. The molecule has 0 aromatic carbocycles. The van der Waals surface area contributed by atoms with E-state index < -0.39 is 0 Å². The predicted octanol–water partition coefficient (Wildman–Crippen LogP) is 2.89. The fourth-order valence-electron chi connectivity index (χ4n) is 2.86. The maximum atomic E-state index is 4.04. The second kappa shape index (κ2) is 7.60. The van der Waals surface area contributed by atoms with Crippen LogP contribution in [0.5, 0.6) is 0 Å². The van der Waals surface area contributed by atoms with E-state index in [9.17, 15) is 0 Å². The Morgan fingerprint density at radius 1 is 0.846 bits per heavy atom. The molecule has 7 nitrogen and oxygen atoms in total. The lowest BCUT2D eigenvalue weighted by molar-refractivity contribution is 0.750. The van der Waals surface area contributed by atoms with Gasteiger partial charge in [-0.2, -0.15) is 5.10 Å². The highest BCUT2D eigenvalue weighted by molar-refractivity contribution is 5.35. The van der Waals surface area contributed by atoms with Crippen molar-refractivity contribution in [2.45, 2.75) is 19.4 Å². The summed E-state index contributed by atoms with van der Waals surface area (Å²) in [4.78, 5) is 4.04. The number of nitrogens with zero attached hydrogens (tertiary/aromatic N) is 7. The number of hydrogen-bond acceptors (Lipinski definition) is 4. The average molecular weight is 345 g/mol. The van der Waals surface area contributed by atoms with Crippen LogP contribution < -0.4 is 0 Å². The lowest BCUT2D eigenvalue weighted by atomic mass is 10.3. The molecular formula is C19H19N7. The van der Waals surface area contributed by atoms with Crippen molar-refractivity contribution in [1.29, 1.82) is 0 Å². The van der Waals surface area contributed by atoms with Gasteiger partial charge in [-0.1, -0.05) is 6.07 Å². The molecule has 26 heavy (non-hydrogen) atoms. The van der Waals surface area contributed by atoms with E-state index in [4.69, 9.17) is 0 Å². The Balaban J connectivity index is 0.0000000972. The third-order valence-corrected chi connectivity index (χ3v) is 4.13. The van der Waals surface area contributed by atoms with Crippen LogP contribution in [0.1, 0.15) is 12.1 Å². The number of fused-ring (bicyclic) bond motifs is 3. The maximum Gasteiger partial charge on any atom is 0.160 e. The third kappa shape index (κ3) is 3.61. The first-order chi connectivity index (χ1) is 12.9.